The molecule has 0 saturated heterocycles. The predicted molar refractivity (Wildman–Crippen MR) is 58.2 cm³/mol. The van der Waals surface area contributed by atoms with Gasteiger partial charge in [0.25, 0.3) is 0 Å². The molecule has 0 aromatic carbocycles. The van der Waals surface area contributed by atoms with E-state index in [1.165, 1.54) is 11.3 Å². The first-order valence-corrected chi connectivity index (χ1v) is 6.85. The first-order valence-electron chi connectivity index (χ1n) is 4.08. The molecule has 0 aliphatic rings. The van der Waals surface area contributed by atoms with Crippen LogP contribution in [0.3, 0.4) is 0 Å². The van der Waals surface area contributed by atoms with E-state index in [0.717, 1.165) is 17.1 Å². The molecule has 1 rings (SSSR count). The van der Waals surface area contributed by atoms with E-state index in [1.54, 1.807) is 0 Å². The van der Waals surface area contributed by atoms with Crippen LogP contribution in [0, 0.1) is 6.92 Å². The van der Waals surface area contributed by atoms with Crippen LogP contribution in [0.25, 0.3) is 0 Å². The van der Waals surface area contributed by atoms with E-state index < -0.39 is 10.0 Å². The van der Waals surface area contributed by atoms with Crippen LogP contribution in [0.4, 0.5) is 5.13 Å². The molecular weight excluding hydrogens is 222 g/mol. The summed E-state index contributed by atoms with van der Waals surface area (Å²) in [6.07, 6.45) is 1.14. The normalized spacial score (nSPS) is 11.6. The first kappa shape index (κ1) is 11.4. The average Bonchev–Trinajstić information content (AvgIpc) is 2.44. The lowest BCUT2D eigenvalue weighted by Crippen LogP contribution is -2.27. The second-order valence-corrected chi connectivity index (χ2v) is 5.58. The molecule has 5 nitrogen and oxygen atoms in total. The van der Waals surface area contributed by atoms with Gasteiger partial charge in [0.2, 0.25) is 10.0 Å². The van der Waals surface area contributed by atoms with E-state index in [4.69, 9.17) is 0 Å². The number of nitrogens with zero attached hydrogens (tertiary/aromatic N) is 1. The minimum absolute atomic E-state index is 0.372. The summed E-state index contributed by atoms with van der Waals surface area (Å²) < 4.78 is 23.8. The molecule has 1 heterocycles. The van der Waals surface area contributed by atoms with Gasteiger partial charge in [-0.25, -0.2) is 18.1 Å². The maximum atomic E-state index is 10.7. The lowest BCUT2D eigenvalue weighted by molar-refractivity contribution is 0.589. The molecule has 7 heteroatoms. The Kier molecular flexibility index (Phi) is 3.85. The summed E-state index contributed by atoms with van der Waals surface area (Å²) in [6.45, 7) is 2.83. The molecule has 1 aromatic heterocycles. The van der Waals surface area contributed by atoms with Gasteiger partial charge in [-0.05, 0) is 6.92 Å². The largest absolute Gasteiger partial charge is 0.360 e. The number of aromatic nitrogens is 1. The second kappa shape index (κ2) is 4.72. The number of hydrogen-bond donors (Lipinski definition) is 2. The van der Waals surface area contributed by atoms with Crippen molar-refractivity contribution >= 4 is 26.5 Å². The summed E-state index contributed by atoms with van der Waals surface area (Å²) in [5.41, 5.74) is 0.966. The van der Waals surface area contributed by atoms with E-state index >= 15 is 0 Å². The second-order valence-electron chi connectivity index (χ2n) is 2.89. The van der Waals surface area contributed by atoms with Gasteiger partial charge in [-0.2, -0.15) is 0 Å². The maximum Gasteiger partial charge on any atom is 0.208 e. The van der Waals surface area contributed by atoms with Gasteiger partial charge in [0.1, 0.15) is 0 Å². The van der Waals surface area contributed by atoms with Crippen molar-refractivity contribution in [2.75, 3.05) is 24.7 Å². The number of hydrogen-bond acceptors (Lipinski definition) is 5. The topological polar surface area (TPSA) is 71.1 Å². The Hall–Kier alpha value is -0.660. The van der Waals surface area contributed by atoms with E-state index in [2.05, 4.69) is 15.0 Å². The van der Waals surface area contributed by atoms with Gasteiger partial charge in [-0.15, -0.1) is 11.3 Å². The summed E-state index contributed by atoms with van der Waals surface area (Å²) >= 11 is 1.51. The average molecular weight is 235 g/mol. The lowest BCUT2D eigenvalue weighted by atomic mass is 10.6. The van der Waals surface area contributed by atoms with Gasteiger partial charge in [0, 0.05) is 18.5 Å². The van der Waals surface area contributed by atoms with E-state index in [1.807, 2.05) is 12.3 Å². The van der Waals surface area contributed by atoms with Crippen LogP contribution in [0.5, 0.6) is 0 Å². The first-order chi connectivity index (χ1) is 6.47. The molecule has 0 bridgehead atoms. The molecule has 14 heavy (non-hydrogen) atoms. The molecule has 0 fully saturated rings. The van der Waals surface area contributed by atoms with Crippen molar-refractivity contribution in [1.29, 1.82) is 0 Å². The number of nitrogens with one attached hydrogen (secondary N) is 2. The number of aryl methyl sites for hydroxylation is 1. The fourth-order valence-corrected chi connectivity index (χ4v) is 2.03. The van der Waals surface area contributed by atoms with Gasteiger partial charge in [-0.3, -0.25) is 0 Å². The molecule has 0 spiro atoms. The van der Waals surface area contributed by atoms with Crippen LogP contribution in [0.1, 0.15) is 5.69 Å². The zero-order valence-electron chi connectivity index (χ0n) is 8.07. The molecule has 0 aliphatic heterocycles. The third-order valence-electron chi connectivity index (χ3n) is 1.38. The minimum atomic E-state index is -3.08. The van der Waals surface area contributed by atoms with E-state index in [0.29, 0.717) is 13.1 Å². The van der Waals surface area contributed by atoms with Crippen molar-refractivity contribution < 1.29 is 8.42 Å². The highest BCUT2D eigenvalue weighted by molar-refractivity contribution is 7.88. The Morgan fingerprint density at radius 2 is 2.21 bits per heavy atom. The smallest absolute Gasteiger partial charge is 0.208 e. The quantitative estimate of drug-likeness (QED) is 0.725. The zero-order valence-corrected chi connectivity index (χ0v) is 9.70. The Bertz CT molecular complexity index is 385. The third kappa shape index (κ3) is 4.54. The molecular formula is C7H13N3O2S2. The summed E-state index contributed by atoms with van der Waals surface area (Å²) in [5.74, 6) is 0. The zero-order chi connectivity index (χ0) is 10.6. The predicted octanol–water partition coefficient (Wildman–Crippen LogP) is 0.413. The monoisotopic (exact) mass is 235 g/mol. The van der Waals surface area contributed by atoms with Crippen LogP contribution in [0.15, 0.2) is 5.38 Å². The van der Waals surface area contributed by atoms with Crippen molar-refractivity contribution in [3.05, 3.63) is 11.1 Å². The van der Waals surface area contributed by atoms with Gasteiger partial charge in [-0.1, -0.05) is 0 Å². The molecule has 0 unspecified atom stereocenters. The Morgan fingerprint density at radius 3 is 2.71 bits per heavy atom. The van der Waals surface area contributed by atoms with Crippen molar-refractivity contribution in [2.45, 2.75) is 6.92 Å². The Morgan fingerprint density at radius 1 is 1.50 bits per heavy atom. The van der Waals surface area contributed by atoms with E-state index in [9.17, 15) is 8.42 Å². The Labute approximate surface area is 87.6 Å². The summed E-state index contributed by atoms with van der Waals surface area (Å²) in [6, 6.07) is 0. The highest BCUT2D eigenvalue weighted by Crippen LogP contribution is 2.13. The molecule has 0 saturated carbocycles. The number of rotatable bonds is 5. The molecule has 0 radical (unpaired) electrons. The molecule has 0 amide bonds. The number of thiazole rings is 1. The van der Waals surface area contributed by atoms with Gasteiger partial charge < -0.3 is 5.32 Å². The summed E-state index contributed by atoms with van der Waals surface area (Å²) in [7, 11) is -3.08. The molecule has 1 aromatic rings. The highest BCUT2D eigenvalue weighted by atomic mass is 32.2. The van der Waals surface area contributed by atoms with Crippen LogP contribution < -0.4 is 10.0 Å². The van der Waals surface area contributed by atoms with Gasteiger partial charge in [0.05, 0.1) is 11.9 Å². The number of sulfonamides is 1. The van der Waals surface area contributed by atoms with E-state index in [-0.39, 0.29) is 0 Å². The van der Waals surface area contributed by atoms with Crippen molar-refractivity contribution in [2.24, 2.45) is 0 Å². The van der Waals surface area contributed by atoms with Crippen LogP contribution >= 0.6 is 11.3 Å². The van der Waals surface area contributed by atoms with Crippen LogP contribution in [0.2, 0.25) is 0 Å². The van der Waals surface area contributed by atoms with Gasteiger partial charge >= 0.3 is 0 Å². The van der Waals surface area contributed by atoms with Gasteiger partial charge in [0.15, 0.2) is 5.13 Å². The summed E-state index contributed by atoms with van der Waals surface area (Å²) in [4.78, 5) is 4.17. The third-order valence-corrected chi connectivity index (χ3v) is 3.03. The SMILES string of the molecule is Cc1csc(NCCNS(C)(=O)=O)n1. The fourth-order valence-electron chi connectivity index (χ4n) is 0.841. The molecule has 80 valence electrons. The standard InChI is InChI=1S/C7H13N3O2S2/c1-6-5-13-7(10-6)8-3-4-9-14(2,11)12/h5,9H,3-4H2,1-2H3,(H,8,10). The molecule has 0 aliphatic carbocycles. The van der Waals surface area contributed by atoms with Crippen molar-refractivity contribution in [3.8, 4) is 0 Å². The van der Waals surface area contributed by atoms with Crippen LogP contribution in [-0.2, 0) is 10.0 Å². The maximum absolute atomic E-state index is 10.7. The lowest BCUT2D eigenvalue weighted by Gasteiger charge is -2.02. The van der Waals surface area contributed by atoms with Crippen molar-refractivity contribution in [3.63, 3.8) is 0 Å². The fraction of sp³-hybridized carbons (Fsp3) is 0.571. The Balaban J connectivity index is 2.23. The van der Waals surface area contributed by atoms with Crippen molar-refractivity contribution in [1.82, 2.24) is 9.71 Å². The number of anilines is 1. The minimum Gasteiger partial charge on any atom is -0.360 e. The molecule has 0 atom stereocenters. The van der Waals surface area contributed by atoms with Crippen LogP contribution in [-0.4, -0.2) is 32.7 Å². The summed E-state index contributed by atoms with van der Waals surface area (Å²) in [5, 5.41) is 5.77. The molecule has 2 N–H and O–H groups in total. The highest BCUT2D eigenvalue weighted by Gasteiger charge is 2.00.